The lowest BCUT2D eigenvalue weighted by Gasteiger charge is -2.22. The molecule has 2 aromatic carbocycles. The molecule has 0 aliphatic rings. The number of halogens is 1. The minimum Gasteiger partial charge on any atom is -0.329 e. The number of tetrazole rings is 1. The molecule has 1 aromatic heterocycles. The third kappa shape index (κ3) is 4.93. The molecule has 10 heteroatoms. The van der Waals surface area contributed by atoms with Crippen LogP contribution in [-0.4, -0.2) is 52.6 Å². The van der Waals surface area contributed by atoms with Crippen molar-refractivity contribution in [1.29, 1.82) is 0 Å². The zero-order valence-electron chi connectivity index (χ0n) is 15.5. The van der Waals surface area contributed by atoms with Gasteiger partial charge in [-0.05, 0) is 34.5 Å². The van der Waals surface area contributed by atoms with Crippen molar-refractivity contribution in [3.8, 4) is 11.4 Å². The highest BCUT2D eigenvalue weighted by Gasteiger charge is 2.24. The van der Waals surface area contributed by atoms with Crippen LogP contribution in [0.2, 0.25) is 0 Å². The maximum atomic E-state index is 13.2. The molecule has 8 nitrogen and oxygen atoms in total. The van der Waals surface area contributed by atoms with Gasteiger partial charge in [0.2, 0.25) is 10.0 Å². The van der Waals surface area contributed by atoms with Crippen molar-refractivity contribution in [3.63, 3.8) is 0 Å². The SMILES string of the molecule is Cl.Cn1nnnc1-c1cccc(S(=O)(=O)N(CCN)CCc2ccccc2)c1. The number of benzene rings is 2. The molecule has 0 radical (unpaired) electrons. The molecule has 0 fully saturated rings. The first-order chi connectivity index (χ1) is 13.0. The van der Waals surface area contributed by atoms with Gasteiger partial charge in [-0.15, -0.1) is 17.5 Å². The molecule has 0 aliphatic heterocycles. The fourth-order valence-corrected chi connectivity index (χ4v) is 4.32. The molecular formula is C18H23ClN6O2S. The Balaban J connectivity index is 0.00000280. The van der Waals surface area contributed by atoms with Gasteiger partial charge in [0.05, 0.1) is 4.90 Å². The smallest absolute Gasteiger partial charge is 0.243 e. The van der Waals surface area contributed by atoms with Gasteiger partial charge in [-0.1, -0.05) is 42.5 Å². The fraction of sp³-hybridized carbons (Fsp3) is 0.278. The average Bonchev–Trinajstić information content (AvgIpc) is 3.12. The summed E-state index contributed by atoms with van der Waals surface area (Å²) in [5.41, 5.74) is 7.38. The Labute approximate surface area is 170 Å². The van der Waals surface area contributed by atoms with Gasteiger partial charge >= 0.3 is 0 Å². The lowest BCUT2D eigenvalue weighted by molar-refractivity contribution is 0.421. The molecule has 0 unspecified atom stereocenters. The van der Waals surface area contributed by atoms with Gasteiger partial charge in [0.15, 0.2) is 5.82 Å². The summed E-state index contributed by atoms with van der Waals surface area (Å²) in [5.74, 6) is 0.502. The highest BCUT2D eigenvalue weighted by atomic mass is 35.5. The van der Waals surface area contributed by atoms with E-state index in [2.05, 4.69) is 15.5 Å². The Morgan fingerprint density at radius 3 is 2.46 bits per heavy atom. The number of aromatic nitrogens is 4. The Hall–Kier alpha value is -2.33. The monoisotopic (exact) mass is 422 g/mol. The van der Waals surface area contributed by atoms with Crippen molar-refractivity contribution in [2.45, 2.75) is 11.3 Å². The van der Waals surface area contributed by atoms with E-state index >= 15 is 0 Å². The number of nitrogens with two attached hydrogens (primary N) is 1. The third-order valence-corrected chi connectivity index (χ3v) is 6.12. The number of aryl methyl sites for hydroxylation is 1. The molecule has 28 heavy (non-hydrogen) atoms. The maximum absolute atomic E-state index is 13.2. The van der Waals surface area contributed by atoms with Crippen LogP contribution in [0.1, 0.15) is 5.56 Å². The summed E-state index contributed by atoms with van der Waals surface area (Å²) in [6.45, 7) is 0.866. The minimum absolute atomic E-state index is 0. The van der Waals surface area contributed by atoms with E-state index in [4.69, 9.17) is 5.73 Å². The molecule has 0 aliphatic carbocycles. The standard InChI is InChI=1S/C18H22N6O2S.ClH/c1-23-18(20-21-22-23)16-8-5-9-17(14-16)27(25,26)24(13-11-19)12-10-15-6-3-2-4-7-15;/h2-9,14H,10-13,19H2,1H3;1H. The van der Waals surface area contributed by atoms with Crippen LogP contribution in [0, 0.1) is 0 Å². The summed E-state index contributed by atoms with van der Waals surface area (Å²) in [6, 6.07) is 16.4. The van der Waals surface area contributed by atoms with Crippen molar-refractivity contribution >= 4 is 22.4 Å². The molecule has 0 amide bonds. The Morgan fingerprint density at radius 1 is 1.07 bits per heavy atom. The van der Waals surface area contributed by atoms with Crippen molar-refractivity contribution in [2.75, 3.05) is 19.6 Å². The summed E-state index contributed by atoms with van der Waals surface area (Å²) < 4.78 is 29.2. The topological polar surface area (TPSA) is 107 Å². The molecule has 0 spiro atoms. The third-order valence-electron chi connectivity index (χ3n) is 4.22. The number of hydrogen-bond donors (Lipinski definition) is 1. The number of rotatable bonds is 8. The Bertz CT molecular complexity index is 994. The van der Waals surface area contributed by atoms with E-state index in [1.165, 1.54) is 8.99 Å². The summed E-state index contributed by atoms with van der Waals surface area (Å²) >= 11 is 0. The molecule has 0 atom stereocenters. The predicted octanol–water partition coefficient (Wildman–Crippen LogP) is 1.49. The lowest BCUT2D eigenvalue weighted by atomic mass is 10.1. The second-order valence-electron chi connectivity index (χ2n) is 6.08. The summed E-state index contributed by atoms with van der Waals surface area (Å²) in [7, 11) is -1.98. The van der Waals surface area contributed by atoms with Crippen molar-refractivity contribution in [3.05, 3.63) is 60.2 Å². The summed E-state index contributed by atoms with van der Waals surface area (Å²) in [5, 5.41) is 11.3. The highest BCUT2D eigenvalue weighted by molar-refractivity contribution is 7.89. The fourth-order valence-electron chi connectivity index (χ4n) is 2.81. The molecule has 0 saturated heterocycles. The maximum Gasteiger partial charge on any atom is 0.243 e. The second-order valence-corrected chi connectivity index (χ2v) is 8.02. The van der Waals surface area contributed by atoms with Gasteiger partial charge in [-0.3, -0.25) is 0 Å². The average molecular weight is 423 g/mol. The first kappa shape index (κ1) is 22.0. The molecule has 3 aromatic rings. The Kier molecular flexibility index (Phi) is 7.64. The minimum atomic E-state index is -3.68. The first-order valence-electron chi connectivity index (χ1n) is 8.59. The van der Waals surface area contributed by atoms with Gasteiger partial charge in [0.25, 0.3) is 0 Å². The van der Waals surface area contributed by atoms with E-state index in [0.717, 1.165) is 5.56 Å². The van der Waals surface area contributed by atoms with Crippen molar-refractivity contribution in [2.24, 2.45) is 12.8 Å². The summed E-state index contributed by atoms with van der Waals surface area (Å²) in [4.78, 5) is 0.199. The van der Waals surface area contributed by atoms with Gasteiger partial charge in [0, 0.05) is 32.2 Å². The Morgan fingerprint density at radius 2 is 1.82 bits per heavy atom. The predicted molar refractivity (Wildman–Crippen MR) is 109 cm³/mol. The largest absolute Gasteiger partial charge is 0.329 e. The van der Waals surface area contributed by atoms with Crippen molar-refractivity contribution < 1.29 is 8.42 Å². The molecular weight excluding hydrogens is 400 g/mol. The van der Waals surface area contributed by atoms with E-state index < -0.39 is 10.0 Å². The normalized spacial score (nSPS) is 11.4. The lowest BCUT2D eigenvalue weighted by Crippen LogP contribution is -2.37. The number of hydrogen-bond acceptors (Lipinski definition) is 6. The van der Waals surface area contributed by atoms with Crippen LogP contribution < -0.4 is 5.73 Å². The van der Waals surface area contributed by atoms with Crippen LogP contribution >= 0.6 is 12.4 Å². The van der Waals surface area contributed by atoms with Crippen LogP contribution in [0.5, 0.6) is 0 Å². The number of nitrogens with zero attached hydrogens (tertiary/aromatic N) is 5. The number of sulfonamides is 1. The van der Waals surface area contributed by atoms with E-state index in [1.807, 2.05) is 30.3 Å². The molecule has 0 bridgehead atoms. The second kappa shape index (κ2) is 9.74. The van der Waals surface area contributed by atoms with Crippen LogP contribution in [0.25, 0.3) is 11.4 Å². The summed E-state index contributed by atoms with van der Waals surface area (Å²) in [6.07, 6.45) is 0.618. The molecule has 2 N–H and O–H groups in total. The first-order valence-corrected chi connectivity index (χ1v) is 10.0. The van der Waals surface area contributed by atoms with E-state index in [1.54, 1.807) is 31.3 Å². The van der Waals surface area contributed by atoms with Crippen LogP contribution in [-0.2, 0) is 23.5 Å². The van der Waals surface area contributed by atoms with Gasteiger partial charge in [-0.25, -0.2) is 13.1 Å². The van der Waals surface area contributed by atoms with Gasteiger partial charge in [0.1, 0.15) is 0 Å². The highest BCUT2D eigenvalue weighted by Crippen LogP contribution is 2.22. The molecule has 3 rings (SSSR count). The van der Waals surface area contributed by atoms with Crippen LogP contribution in [0.4, 0.5) is 0 Å². The van der Waals surface area contributed by atoms with E-state index in [9.17, 15) is 8.42 Å². The van der Waals surface area contributed by atoms with Gasteiger partial charge in [-0.2, -0.15) is 4.31 Å². The molecule has 150 valence electrons. The zero-order valence-corrected chi connectivity index (χ0v) is 17.1. The van der Waals surface area contributed by atoms with E-state index in [-0.39, 0.29) is 30.4 Å². The molecule has 0 saturated carbocycles. The zero-order chi connectivity index (χ0) is 19.3. The van der Waals surface area contributed by atoms with Crippen LogP contribution in [0.3, 0.4) is 0 Å². The van der Waals surface area contributed by atoms with E-state index in [0.29, 0.717) is 24.4 Å². The van der Waals surface area contributed by atoms with Crippen LogP contribution in [0.15, 0.2) is 59.5 Å². The van der Waals surface area contributed by atoms with Crippen molar-refractivity contribution in [1.82, 2.24) is 24.5 Å². The quantitative estimate of drug-likeness (QED) is 0.589. The van der Waals surface area contributed by atoms with Gasteiger partial charge < -0.3 is 5.73 Å². The molecule has 1 heterocycles.